The Morgan fingerprint density at radius 2 is 2.24 bits per heavy atom. The molecule has 3 rings (SSSR count). The standard InChI is InChI=1S/C12H12N4O3S2/c17-16(18)11-2-1-10(19-11)12-14-9(8-21-12)7-13-15-3-5-20-6-4-15/h1-2,7-8H,3-6H2. The van der Waals surface area contributed by atoms with Gasteiger partial charge in [-0.25, -0.2) is 4.98 Å². The molecule has 0 radical (unpaired) electrons. The topological polar surface area (TPSA) is 84.8 Å². The molecule has 2 aromatic heterocycles. The minimum atomic E-state index is -0.562. The highest BCUT2D eigenvalue weighted by Gasteiger charge is 2.15. The van der Waals surface area contributed by atoms with E-state index >= 15 is 0 Å². The molecule has 0 saturated carbocycles. The lowest BCUT2D eigenvalue weighted by Gasteiger charge is -2.22. The van der Waals surface area contributed by atoms with E-state index in [1.54, 1.807) is 12.3 Å². The number of thiazole rings is 1. The van der Waals surface area contributed by atoms with Gasteiger partial charge in [-0.3, -0.25) is 15.1 Å². The molecule has 21 heavy (non-hydrogen) atoms. The molecule has 0 spiro atoms. The smallest absolute Gasteiger partial charge is 0.398 e. The quantitative estimate of drug-likeness (QED) is 0.488. The fraction of sp³-hybridized carbons (Fsp3) is 0.333. The van der Waals surface area contributed by atoms with E-state index in [9.17, 15) is 10.1 Å². The van der Waals surface area contributed by atoms with Crippen molar-refractivity contribution in [2.24, 2.45) is 5.10 Å². The van der Waals surface area contributed by atoms with Crippen molar-refractivity contribution in [1.29, 1.82) is 0 Å². The van der Waals surface area contributed by atoms with Crippen molar-refractivity contribution in [3.63, 3.8) is 0 Å². The van der Waals surface area contributed by atoms with Gasteiger partial charge in [-0.1, -0.05) is 0 Å². The number of aromatic nitrogens is 1. The fourth-order valence-corrected chi connectivity index (χ4v) is 3.42. The zero-order chi connectivity index (χ0) is 14.7. The van der Waals surface area contributed by atoms with Crippen LogP contribution in [0.4, 0.5) is 5.88 Å². The first-order chi connectivity index (χ1) is 10.2. The van der Waals surface area contributed by atoms with Crippen LogP contribution >= 0.6 is 23.1 Å². The zero-order valence-electron chi connectivity index (χ0n) is 11.0. The van der Waals surface area contributed by atoms with Crippen LogP contribution in [0, 0.1) is 10.1 Å². The molecule has 1 fully saturated rings. The minimum absolute atomic E-state index is 0.277. The number of rotatable bonds is 4. The first-order valence-corrected chi connectivity index (χ1v) is 8.32. The highest BCUT2D eigenvalue weighted by atomic mass is 32.2. The molecular weight excluding hydrogens is 312 g/mol. The Balaban J connectivity index is 1.70. The summed E-state index contributed by atoms with van der Waals surface area (Å²) in [6.07, 6.45) is 1.72. The second kappa shape index (κ2) is 6.27. The summed E-state index contributed by atoms with van der Waals surface area (Å²) in [5.41, 5.74) is 0.729. The Kier molecular flexibility index (Phi) is 4.20. The maximum absolute atomic E-state index is 10.6. The van der Waals surface area contributed by atoms with Crippen molar-refractivity contribution >= 4 is 35.2 Å². The number of thioether (sulfide) groups is 1. The lowest BCUT2D eigenvalue weighted by Crippen LogP contribution is -2.27. The molecule has 7 nitrogen and oxygen atoms in total. The van der Waals surface area contributed by atoms with Crippen LogP contribution in [0.25, 0.3) is 10.8 Å². The van der Waals surface area contributed by atoms with E-state index < -0.39 is 4.92 Å². The molecule has 0 N–H and O–H groups in total. The van der Waals surface area contributed by atoms with Gasteiger partial charge < -0.3 is 4.42 Å². The lowest BCUT2D eigenvalue weighted by atomic mass is 10.4. The van der Waals surface area contributed by atoms with Gasteiger partial charge in [-0.15, -0.1) is 11.3 Å². The van der Waals surface area contributed by atoms with E-state index in [4.69, 9.17) is 4.42 Å². The number of nitro groups is 1. The molecule has 2 aromatic rings. The van der Waals surface area contributed by atoms with Crippen molar-refractivity contribution in [1.82, 2.24) is 9.99 Å². The summed E-state index contributed by atoms with van der Waals surface area (Å²) in [7, 11) is 0. The highest BCUT2D eigenvalue weighted by molar-refractivity contribution is 7.99. The van der Waals surface area contributed by atoms with Gasteiger partial charge in [0.1, 0.15) is 4.92 Å². The molecule has 0 aromatic carbocycles. The average molecular weight is 324 g/mol. The molecule has 3 heterocycles. The molecule has 0 bridgehead atoms. The zero-order valence-corrected chi connectivity index (χ0v) is 12.6. The van der Waals surface area contributed by atoms with Crippen molar-refractivity contribution in [3.05, 3.63) is 33.3 Å². The first kappa shape index (κ1) is 14.1. The van der Waals surface area contributed by atoms with Crippen LogP contribution in [-0.4, -0.2) is 45.7 Å². The summed E-state index contributed by atoms with van der Waals surface area (Å²) in [5, 5.41) is 19.5. The Bertz CT molecular complexity index is 661. The molecular formula is C12H12N4O3S2. The second-order valence-electron chi connectivity index (χ2n) is 4.28. The van der Waals surface area contributed by atoms with Gasteiger partial charge >= 0.3 is 5.88 Å². The number of nitrogens with zero attached hydrogens (tertiary/aromatic N) is 4. The van der Waals surface area contributed by atoms with Crippen LogP contribution in [0.2, 0.25) is 0 Å². The summed E-state index contributed by atoms with van der Waals surface area (Å²) < 4.78 is 5.13. The third-order valence-electron chi connectivity index (χ3n) is 2.85. The maximum atomic E-state index is 10.6. The number of hydrogen-bond acceptors (Lipinski definition) is 8. The average Bonchev–Trinajstić information content (AvgIpc) is 3.15. The third-order valence-corrected chi connectivity index (χ3v) is 4.66. The van der Waals surface area contributed by atoms with E-state index in [1.807, 2.05) is 22.2 Å². The Morgan fingerprint density at radius 3 is 2.95 bits per heavy atom. The van der Waals surface area contributed by atoms with E-state index in [-0.39, 0.29) is 5.88 Å². The van der Waals surface area contributed by atoms with Crippen LogP contribution in [0.15, 0.2) is 27.0 Å². The normalized spacial score (nSPS) is 15.7. The van der Waals surface area contributed by atoms with Gasteiger partial charge in [0.25, 0.3) is 0 Å². The Labute approximate surface area is 128 Å². The SMILES string of the molecule is O=[N+]([O-])c1ccc(-c2nc(C=NN3CCSCC3)cs2)o1. The van der Waals surface area contributed by atoms with Crippen LogP contribution < -0.4 is 0 Å². The van der Waals surface area contributed by atoms with Crippen molar-refractivity contribution in [2.45, 2.75) is 0 Å². The van der Waals surface area contributed by atoms with Crippen LogP contribution in [-0.2, 0) is 0 Å². The molecule has 9 heteroatoms. The predicted molar refractivity (Wildman–Crippen MR) is 83.0 cm³/mol. The van der Waals surface area contributed by atoms with Gasteiger partial charge in [-0.05, 0) is 6.07 Å². The third kappa shape index (κ3) is 3.42. The molecule has 1 aliphatic rings. The molecule has 0 aliphatic carbocycles. The summed E-state index contributed by atoms with van der Waals surface area (Å²) in [5.74, 6) is 2.31. The minimum Gasteiger partial charge on any atom is -0.398 e. The number of hydrazone groups is 1. The summed E-state index contributed by atoms with van der Waals surface area (Å²) in [6.45, 7) is 1.89. The monoisotopic (exact) mass is 324 g/mol. The predicted octanol–water partition coefficient (Wildman–Crippen LogP) is 2.69. The number of furan rings is 1. The summed E-state index contributed by atoms with van der Waals surface area (Å²) in [6, 6.07) is 2.88. The van der Waals surface area contributed by atoms with Crippen LogP contribution in [0.1, 0.15) is 5.69 Å². The molecule has 1 aliphatic heterocycles. The van der Waals surface area contributed by atoms with E-state index in [0.717, 1.165) is 30.3 Å². The second-order valence-corrected chi connectivity index (χ2v) is 6.37. The van der Waals surface area contributed by atoms with E-state index in [1.165, 1.54) is 17.4 Å². The Morgan fingerprint density at radius 1 is 1.43 bits per heavy atom. The molecule has 0 amide bonds. The van der Waals surface area contributed by atoms with Gasteiger partial charge in [0, 0.05) is 30.0 Å². The highest BCUT2D eigenvalue weighted by Crippen LogP contribution is 2.28. The van der Waals surface area contributed by atoms with E-state index in [0.29, 0.717) is 10.8 Å². The largest absolute Gasteiger partial charge is 0.433 e. The van der Waals surface area contributed by atoms with Crippen molar-refractivity contribution in [3.8, 4) is 10.8 Å². The van der Waals surface area contributed by atoms with E-state index in [2.05, 4.69) is 10.1 Å². The van der Waals surface area contributed by atoms with Gasteiger partial charge in [0.2, 0.25) is 0 Å². The van der Waals surface area contributed by atoms with Crippen LogP contribution in [0.5, 0.6) is 0 Å². The van der Waals surface area contributed by atoms with Gasteiger partial charge in [0.05, 0.1) is 18.0 Å². The van der Waals surface area contributed by atoms with Gasteiger partial charge in [-0.2, -0.15) is 16.9 Å². The van der Waals surface area contributed by atoms with Crippen molar-refractivity contribution < 1.29 is 9.34 Å². The molecule has 110 valence electrons. The molecule has 0 atom stereocenters. The summed E-state index contributed by atoms with van der Waals surface area (Å²) in [4.78, 5) is 14.4. The fourth-order valence-electron chi connectivity index (χ4n) is 1.81. The molecule has 0 unspecified atom stereocenters. The van der Waals surface area contributed by atoms with Crippen LogP contribution in [0.3, 0.4) is 0 Å². The Hall–Kier alpha value is -1.87. The summed E-state index contributed by atoms with van der Waals surface area (Å²) >= 11 is 3.30. The molecule has 1 saturated heterocycles. The lowest BCUT2D eigenvalue weighted by molar-refractivity contribution is -0.401. The maximum Gasteiger partial charge on any atom is 0.433 e. The van der Waals surface area contributed by atoms with Crippen molar-refractivity contribution in [2.75, 3.05) is 24.6 Å². The van der Waals surface area contributed by atoms with Gasteiger partial charge in [0.15, 0.2) is 10.8 Å². The number of hydrogen-bond donors (Lipinski definition) is 0. The first-order valence-electron chi connectivity index (χ1n) is 6.29.